The van der Waals surface area contributed by atoms with Crippen LogP contribution in [0, 0.1) is 6.92 Å². The number of aliphatic hydroxyl groups is 3. The molecule has 1 aliphatic heterocycles. The number of aryl methyl sites for hydroxylation is 1. The molecule has 7 heteroatoms. The van der Waals surface area contributed by atoms with E-state index >= 15 is 0 Å². The Kier molecular flexibility index (Phi) is 3.38. The molecule has 2 rings (SSSR count). The fraction of sp³-hybridized carbons (Fsp3) is 0.636. The molecular formula is C11H16N2O5. The Morgan fingerprint density at radius 3 is 2.83 bits per heavy atom. The van der Waals surface area contributed by atoms with Crippen LogP contribution in [0.15, 0.2) is 11.0 Å². The van der Waals surface area contributed by atoms with Crippen molar-refractivity contribution in [3.05, 3.63) is 22.1 Å². The quantitative estimate of drug-likeness (QED) is 0.613. The minimum absolute atomic E-state index is 0.118. The van der Waals surface area contributed by atoms with Crippen molar-refractivity contribution in [2.24, 2.45) is 0 Å². The Morgan fingerprint density at radius 1 is 1.56 bits per heavy atom. The molecule has 1 aromatic rings. The lowest BCUT2D eigenvalue weighted by atomic mass is 10.0. The van der Waals surface area contributed by atoms with Gasteiger partial charge >= 0.3 is 6.01 Å². The molecule has 0 aromatic carbocycles. The summed E-state index contributed by atoms with van der Waals surface area (Å²) in [6.07, 6.45) is -1.68. The average Bonchev–Trinajstić information content (AvgIpc) is 2.66. The second-order valence-electron chi connectivity index (χ2n) is 4.48. The summed E-state index contributed by atoms with van der Waals surface area (Å²) < 4.78 is 7.00. The molecule has 7 nitrogen and oxygen atoms in total. The zero-order chi connectivity index (χ0) is 13.4. The Hall–Kier alpha value is -1.44. The van der Waals surface area contributed by atoms with Crippen molar-refractivity contribution in [3.63, 3.8) is 0 Å². The van der Waals surface area contributed by atoms with Gasteiger partial charge in [-0.3, -0.25) is 9.36 Å². The fourth-order valence-electron chi connectivity index (χ4n) is 1.99. The van der Waals surface area contributed by atoms with Gasteiger partial charge in [0, 0.05) is 11.8 Å². The summed E-state index contributed by atoms with van der Waals surface area (Å²) in [7, 11) is 0. The number of fused-ring (bicyclic) bond motifs is 1. The normalized spacial score (nSPS) is 25.4. The van der Waals surface area contributed by atoms with E-state index in [1.165, 1.54) is 0 Å². The first-order valence-corrected chi connectivity index (χ1v) is 5.69. The highest BCUT2D eigenvalue weighted by Gasteiger charge is 2.39. The SMILES string of the molecule is Cc1cn2c(nc1=O)OC(C(O)[C@H](O)CO)[C@H]2C. The Balaban J connectivity index is 2.30. The number of nitrogens with zero attached hydrogens (tertiary/aromatic N) is 2. The molecular weight excluding hydrogens is 240 g/mol. The zero-order valence-electron chi connectivity index (χ0n) is 10.1. The van der Waals surface area contributed by atoms with Crippen LogP contribution in [0.1, 0.15) is 18.5 Å². The largest absolute Gasteiger partial charge is 0.456 e. The molecule has 0 saturated heterocycles. The third-order valence-electron chi connectivity index (χ3n) is 3.16. The summed E-state index contributed by atoms with van der Waals surface area (Å²) in [5.41, 5.74) is 0.0957. The molecule has 4 atom stereocenters. The van der Waals surface area contributed by atoms with Gasteiger partial charge in [0.25, 0.3) is 5.56 Å². The van der Waals surface area contributed by atoms with Crippen LogP contribution in [0.5, 0.6) is 6.01 Å². The van der Waals surface area contributed by atoms with Crippen LogP contribution < -0.4 is 10.3 Å². The van der Waals surface area contributed by atoms with E-state index in [-0.39, 0.29) is 17.6 Å². The Bertz CT molecular complexity index is 501. The first-order chi connectivity index (χ1) is 8.45. The highest BCUT2D eigenvalue weighted by molar-refractivity contribution is 5.14. The van der Waals surface area contributed by atoms with Gasteiger partial charge in [-0.15, -0.1) is 0 Å². The summed E-state index contributed by atoms with van der Waals surface area (Å²) in [6.45, 7) is 2.86. The fourth-order valence-corrected chi connectivity index (χ4v) is 1.99. The van der Waals surface area contributed by atoms with E-state index in [0.717, 1.165) is 0 Å². The van der Waals surface area contributed by atoms with E-state index in [1.54, 1.807) is 24.6 Å². The van der Waals surface area contributed by atoms with Crippen molar-refractivity contribution < 1.29 is 20.1 Å². The topological polar surface area (TPSA) is 105 Å². The summed E-state index contributed by atoms with van der Waals surface area (Å²) in [5, 5.41) is 28.1. The van der Waals surface area contributed by atoms with Gasteiger partial charge in [-0.05, 0) is 13.8 Å². The van der Waals surface area contributed by atoms with E-state index in [0.29, 0.717) is 5.56 Å². The van der Waals surface area contributed by atoms with E-state index < -0.39 is 24.9 Å². The predicted molar refractivity (Wildman–Crippen MR) is 61.5 cm³/mol. The standard InChI is InChI=1S/C11H16N2O5/c1-5-3-13-6(2)9(8(16)7(15)4-14)18-11(13)12-10(5)17/h3,6-9,14-16H,4H2,1-2H3/t6-,7-,8?,9?/m1/s1. The van der Waals surface area contributed by atoms with E-state index in [1.807, 2.05) is 0 Å². The molecule has 3 N–H and O–H groups in total. The van der Waals surface area contributed by atoms with Crippen LogP contribution in [0.3, 0.4) is 0 Å². The number of rotatable bonds is 3. The molecule has 0 fully saturated rings. The van der Waals surface area contributed by atoms with Crippen molar-refractivity contribution in [3.8, 4) is 6.01 Å². The summed E-state index contributed by atoms with van der Waals surface area (Å²) in [4.78, 5) is 15.1. The lowest BCUT2D eigenvalue weighted by Crippen LogP contribution is -2.43. The first-order valence-electron chi connectivity index (χ1n) is 5.69. The monoisotopic (exact) mass is 256 g/mol. The first kappa shape index (κ1) is 13.0. The second-order valence-corrected chi connectivity index (χ2v) is 4.48. The summed E-state index contributed by atoms with van der Waals surface area (Å²) in [5.74, 6) is 0. The van der Waals surface area contributed by atoms with E-state index in [2.05, 4.69) is 4.98 Å². The third kappa shape index (κ3) is 2.00. The Morgan fingerprint density at radius 2 is 2.22 bits per heavy atom. The Labute approximate surface area is 103 Å². The molecule has 1 aliphatic rings. The molecule has 0 bridgehead atoms. The minimum atomic E-state index is -1.29. The molecule has 100 valence electrons. The van der Waals surface area contributed by atoms with Gasteiger partial charge in [0.1, 0.15) is 12.2 Å². The number of aliphatic hydroxyl groups excluding tert-OH is 3. The van der Waals surface area contributed by atoms with Gasteiger partial charge in [-0.2, -0.15) is 4.98 Å². The molecule has 2 heterocycles. The van der Waals surface area contributed by atoms with Gasteiger partial charge < -0.3 is 20.1 Å². The van der Waals surface area contributed by atoms with Crippen molar-refractivity contribution >= 4 is 0 Å². The molecule has 0 amide bonds. The number of ether oxygens (including phenoxy) is 1. The van der Waals surface area contributed by atoms with Crippen molar-refractivity contribution in [2.45, 2.75) is 38.2 Å². The molecule has 2 unspecified atom stereocenters. The molecule has 0 aliphatic carbocycles. The molecule has 0 saturated carbocycles. The molecule has 1 aromatic heterocycles. The third-order valence-corrected chi connectivity index (χ3v) is 3.16. The van der Waals surface area contributed by atoms with Crippen molar-refractivity contribution in [1.82, 2.24) is 9.55 Å². The maximum absolute atomic E-state index is 11.4. The van der Waals surface area contributed by atoms with Crippen LogP contribution in [0.4, 0.5) is 0 Å². The smallest absolute Gasteiger partial charge is 0.300 e. The van der Waals surface area contributed by atoms with Crippen molar-refractivity contribution in [2.75, 3.05) is 6.61 Å². The van der Waals surface area contributed by atoms with Gasteiger partial charge in [-0.1, -0.05) is 0 Å². The van der Waals surface area contributed by atoms with Gasteiger partial charge in [0.05, 0.1) is 12.6 Å². The van der Waals surface area contributed by atoms with Gasteiger partial charge in [0.15, 0.2) is 6.10 Å². The highest BCUT2D eigenvalue weighted by atomic mass is 16.5. The zero-order valence-corrected chi connectivity index (χ0v) is 10.1. The highest BCUT2D eigenvalue weighted by Crippen LogP contribution is 2.30. The molecule has 0 spiro atoms. The number of aromatic nitrogens is 2. The number of hydrogen-bond acceptors (Lipinski definition) is 6. The summed E-state index contributed by atoms with van der Waals surface area (Å²) >= 11 is 0. The van der Waals surface area contributed by atoms with Crippen LogP contribution in [0.2, 0.25) is 0 Å². The van der Waals surface area contributed by atoms with Crippen LogP contribution in [-0.2, 0) is 0 Å². The summed E-state index contributed by atoms with van der Waals surface area (Å²) in [6, 6.07) is -0.171. The predicted octanol–water partition coefficient (Wildman–Crippen LogP) is -1.41. The number of hydrogen-bond donors (Lipinski definition) is 3. The van der Waals surface area contributed by atoms with E-state index in [9.17, 15) is 15.0 Å². The second kappa shape index (κ2) is 4.68. The van der Waals surface area contributed by atoms with Crippen LogP contribution >= 0.6 is 0 Å². The van der Waals surface area contributed by atoms with E-state index in [4.69, 9.17) is 9.84 Å². The molecule has 18 heavy (non-hydrogen) atoms. The minimum Gasteiger partial charge on any atom is -0.456 e. The van der Waals surface area contributed by atoms with Gasteiger partial charge in [0.2, 0.25) is 0 Å². The lowest BCUT2D eigenvalue weighted by molar-refractivity contribution is -0.0690. The van der Waals surface area contributed by atoms with Gasteiger partial charge in [-0.25, -0.2) is 0 Å². The van der Waals surface area contributed by atoms with Crippen molar-refractivity contribution in [1.29, 1.82) is 0 Å². The maximum atomic E-state index is 11.4. The average molecular weight is 256 g/mol. The van der Waals surface area contributed by atoms with Crippen LogP contribution in [0.25, 0.3) is 0 Å². The van der Waals surface area contributed by atoms with Crippen LogP contribution in [-0.4, -0.2) is 49.8 Å². The maximum Gasteiger partial charge on any atom is 0.300 e. The lowest BCUT2D eigenvalue weighted by Gasteiger charge is -2.24. The molecule has 0 radical (unpaired) electrons.